The largest absolute Gasteiger partial charge is 0.369 e. The second-order valence-electron chi connectivity index (χ2n) is 8.70. The molecule has 0 radical (unpaired) electrons. The molecule has 0 fully saturated rings. The highest BCUT2D eigenvalue weighted by Gasteiger charge is 2.31. The molecule has 3 aromatic carbocycles. The van der Waals surface area contributed by atoms with Crippen molar-refractivity contribution in [1.82, 2.24) is 0 Å². The molecule has 0 bridgehead atoms. The van der Waals surface area contributed by atoms with E-state index in [4.69, 9.17) is 4.74 Å². The third-order valence-corrected chi connectivity index (χ3v) is 7.16. The van der Waals surface area contributed by atoms with Crippen molar-refractivity contribution in [3.63, 3.8) is 0 Å². The van der Waals surface area contributed by atoms with Gasteiger partial charge in [0.05, 0.1) is 19.9 Å². The van der Waals surface area contributed by atoms with Gasteiger partial charge in [0.2, 0.25) is 0 Å². The molecule has 0 unspecified atom stereocenters. The van der Waals surface area contributed by atoms with Crippen LogP contribution >= 0.6 is 0 Å². The van der Waals surface area contributed by atoms with Gasteiger partial charge in [-0.05, 0) is 28.7 Å². The lowest BCUT2D eigenvalue weighted by molar-refractivity contribution is 0.0561. The molecule has 3 aromatic rings. The summed E-state index contributed by atoms with van der Waals surface area (Å²) >= 11 is 0. The van der Waals surface area contributed by atoms with E-state index >= 15 is 0 Å². The van der Waals surface area contributed by atoms with E-state index in [2.05, 4.69) is 117 Å². The molecule has 0 aliphatic rings. The Morgan fingerprint density at radius 3 is 1.93 bits per heavy atom. The first-order chi connectivity index (χ1) is 14.5. The maximum absolute atomic E-state index is 6.71. The summed E-state index contributed by atoms with van der Waals surface area (Å²) in [6.07, 6.45) is 7.07. The topological polar surface area (TPSA) is 9.23 Å². The fourth-order valence-electron chi connectivity index (χ4n) is 3.56. The number of ether oxygens (including phenoxy) is 1. The summed E-state index contributed by atoms with van der Waals surface area (Å²) in [7, 11) is -1.61. The van der Waals surface area contributed by atoms with Gasteiger partial charge in [-0.3, -0.25) is 0 Å². The first-order valence-electron chi connectivity index (χ1n) is 10.6. The summed E-state index contributed by atoms with van der Waals surface area (Å²) in [4.78, 5) is 0. The molecule has 0 amide bonds. The van der Waals surface area contributed by atoms with E-state index in [-0.39, 0.29) is 11.8 Å². The van der Waals surface area contributed by atoms with Gasteiger partial charge in [-0.1, -0.05) is 123 Å². The first kappa shape index (κ1) is 22.0. The summed E-state index contributed by atoms with van der Waals surface area (Å²) < 4.78 is 6.71. The van der Waals surface area contributed by atoms with Crippen LogP contribution in [0.5, 0.6) is 0 Å². The van der Waals surface area contributed by atoms with E-state index in [1.807, 2.05) is 12.1 Å². The van der Waals surface area contributed by atoms with Gasteiger partial charge in [0, 0.05) is 0 Å². The minimum Gasteiger partial charge on any atom is -0.369 e. The van der Waals surface area contributed by atoms with Gasteiger partial charge >= 0.3 is 0 Å². The molecule has 0 saturated heterocycles. The van der Waals surface area contributed by atoms with Crippen LogP contribution < -0.4 is 0 Å². The van der Waals surface area contributed by atoms with Crippen molar-refractivity contribution in [2.24, 2.45) is 0 Å². The Labute approximate surface area is 182 Å². The molecule has 154 valence electrons. The van der Waals surface area contributed by atoms with E-state index < -0.39 is 8.07 Å². The van der Waals surface area contributed by atoms with Gasteiger partial charge < -0.3 is 4.74 Å². The molecule has 0 spiro atoms. The lowest BCUT2D eigenvalue weighted by Gasteiger charge is -2.32. The first-order valence-corrected chi connectivity index (χ1v) is 14.2. The second-order valence-corrected chi connectivity index (χ2v) is 14.0. The molecule has 2 heteroatoms. The normalized spacial score (nSPS) is 13.8. The van der Waals surface area contributed by atoms with Crippen molar-refractivity contribution in [2.45, 2.75) is 37.9 Å². The van der Waals surface area contributed by atoms with Crippen LogP contribution in [0.4, 0.5) is 0 Å². The molecule has 3 rings (SSSR count). The smallest absolute Gasteiger partial charge is 0.0842 e. The fourth-order valence-corrected chi connectivity index (χ4v) is 5.34. The Kier molecular flexibility index (Phi) is 7.61. The zero-order chi connectivity index (χ0) is 21.4. The number of benzene rings is 3. The van der Waals surface area contributed by atoms with Crippen LogP contribution in [-0.4, -0.2) is 14.2 Å². The Bertz CT molecular complexity index is 937. The SMILES string of the molecule is C=CC[C@@H](/C=C/c1ccccc1)O[C@H](c1ccc(-c2ccccc2)cc1)[Si](C)(C)C. The lowest BCUT2D eigenvalue weighted by atomic mass is 10.0. The summed E-state index contributed by atoms with van der Waals surface area (Å²) in [6.45, 7) is 11.0. The highest BCUT2D eigenvalue weighted by Crippen LogP contribution is 2.32. The molecule has 0 aliphatic carbocycles. The van der Waals surface area contributed by atoms with Crippen LogP contribution in [0, 0.1) is 0 Å². The van der Waals surface area contributed by atoms with Crippen LogP contribution in [0.2, 0.25) is 19.6 Å². The Morgan fingerprint density at radius 2 is 1.37 bits per heavy atom. The highest BCUT2D eigenvalue weighted by molar-refractivity contribution is 6.77. The van der Waals surface area contributed by atoms with Crippen molar-refractivity contribution in [1.29, 1.82) is 0 Å². The molecule has 0 heterocycles. The summed E-state index contributed by atoms with van der Waals surface area (Å²) in [5.74, 6) is 0. The average molecular weight is 413 g/mol. The Balaban J connectivity index is 1.82. The zero-order valence-electron chi connectivity index (χ0n) is 18.3. The Morgan fingerprint density at radius 1 is 0.800 bits per heavy atom. The molecule has 0 saturated carbocycles. The zero-order valence-corrected chi connectivity index (χ0v) is 19.3. The van der Waals surface area contributed by atoms with E-state index in [1.54, 1.807) is 0 Å². The molecular formula is C28H32OSi. The predicted octanol–water partition coefficient (Wildman–Crippen LogP) is 7.95. The summed E-state index contributed by atoms with van der Waals surface area (Å²) in [5.41, 5.74) is 5.04. The van der Waals surface area contributed by atoms with Gasteiger partial charge in [-0.25, -0.2) is 0 Å². The third-order valence-electron chi connectivity index (χ3n) is 5.12. The standard InChI is InChI=1S/C28H32OSi/c1-5-12-27(22-17-23-13-8-6-9-14-23)29-28(30(2,3)4)26-20-18-25(19-21-26)24-15-10-7-11-16-24/h5-11,13-22,27-28H,1,12H2,2-4H3/b22-17+/t27-,28-/m0/s1. The number of rotatable bonds is 9. The van der Waals surface area contributed by atoms with Crippen molar-refractivity contribution < 1.29 is 4.74 Å². The summed E-state index contributed by atoms with van der Waals surface area (Å²) in [6, 6.07) is 29.8. The predicted molar refractivity (Wildman–Crippen MR) is 133 cm³/mol. The van der Waals surface area contributed by atoms with Crippen LogP contribution in [0.1, 0.15) is 23.3 Å². The number of hydrogen-bond donors (Lipinski definition) is 0. The van der Waals surface area contributed by atoms with Crippen molar-refractivity contribution in [2.75, 3.05) is 0 Å². The molecule has 2 atom stereocenters. The maximum atomic E-state index is 6.71. The van der Waals surface area contributed by atoms with Gasteiger partial charge in [0.1, 0.15) is 0 Å². The van der Waals surface area contributed by atoms with Crippen LogP contribution in [0.15, 0.2) is 104 Å². The quantitative estimate of drug-likeness (QED) is 0.256. The van der Waals surface area contributed by atoms with E-state index in [9.17, 15) is 0 Å². The van der Waals surface area contributed by atoms with E-state index in [1.165, 1.54) is 22.3 Å². The second kappa shape index (κ2) is 10.4. The van der Waals surface area contributed by atoms with Gasteiger partial charge in [0.15, 0.2) is 0 Å². The van der Waals surface area contributed by atoms with Crippen molar-refractivity contribution >= 4 is 14.1 Å². The van der Waals surface area contributed by atoms with Gasteiger partial charge in [-0.2, -0.15) is 0 Å². The van der Waals surface area contributed by atoms with E-state index in [0.717, 1.165) is 6.42 Å². The minimum atomic E-state index is -1.61. The number of hydrogen-bond acceptors (Lipinski definition) is 1. The molecule has 0 aliphatic heterocycles. The van der Waals surface area contributed by atoms with Crippen LogP contribution in [0.3, 0.4) is 0 Å². The molecular weight excluding hydrogens is 380 g/mol. The van der Waals surface area contributed by atoms with E-state index in [0.29, 0.717) is 0 Å². The van der Waals surface area contributed by atoms with Crippen LogP contribution in [0.25, 0.3) is 17.2 Å². The monoisotopic (exact) mass is 412 g/mol. The fraction of sp³-hybridized carbons (Fsp3) is 0.214. The lowest BCUT2D eigenvalue weighted by Crippen LogP contribution is -2.35. The molecule has 0 N–H and O–H groups in total. The summed E-state index contributed by atoms with van der Waals surface area (Å²) in [5, 5.41) is 0. The minimum absolute atomic E-state index is 0.00762. The maximum Gasteiger partial charge on any atom is 0.0842 e. The molecule has 1 nitrogen and oxygen atoms in total. The molecule has 0 aromatic heterocycles. The van der Waals surface area contributed by atoms with Gasteiger partial charge in [-0.15, -0.1) is 6.58 Å². The van der Waals surface area contributed by atoms with Crippen molar-refractivity contribution in [3.05, 3.63) is 115 Å². The third kappa shape index (κ3) is 6.16. The average Bonchev–Trinajstić information content (AvgIpc) is 2.76. The highest BCUT2D eigenvalue weighted by atomic mass is 28.3. The van der Waals surface area contributed by atoms with Crippen LogP contribution in [-0.2, 0) is 4.74 Å². The van der Waals surface area contributed by atoms with Crippen molar-refractivity contribution in [3.8, 4) is 11.1 Å². The Hall–Kier alpha value is -2.68. The molecule has 30 heavy (non-hydrogen) atoms. The van der Waals surface area contributed by atoms with Gasteiger partial charge in [0.25, 0.3) is 0 Å².